The quantitative estimate of drug-likeness (QED) is 0.518. The molecule has 134 valence electrons. The standard InChI is InChI=1S/C22H19N3O2/c26-22(27)14-21(25-12-11-23-15-25)17-6-8-19(9-7-17)24-20-10-5-16-3-1-2-4-18(16)13-20/h1-13,15,21,24H,14H2,(H,26,27). The Hall–Kier alpha value is -3.60. The van der Waals surface area contributed by atoms with Crippen molar-refractivity contribution in [1.29, 1.82) is 0 Å². The molecular formula is C22H19N3O2. The number of aromatic nitrogens is 2. The van der Waals surface area contributed by atoms with E-state index >= 15 is 0 Å². The van der Waals surface area contributed by atoms with Crippen LogP contribution in [0.2, 0.25) is 0 Å². The minimum Gasteiger partial charge on any atom is -0.481 e. The molecule has 5 nitrogen and oxygen atoms in total. The zero-order chi connectivity index (χ0) is 18.6. The SMILES string of the molecule is O=C(O)CC(c1ccc(Nc2ccc3ccccc3c2)cc1)n1ccnc1. The third-order valence-corrected chi connectivity index (χ3v) is 4.59. The Bertz CT molecular complexity index is 1060. The van der Waals surface area contributed by atoms with E-state index in [1.165, 1.54) is 10.8 Å². The summed E-state index contributed by atoms with van der Waals surface area (Å²) >= 11 is 0. The van der Waals surface area contributed by atoms with Gasteiger partial charge in [-0.15, -0.1) is 0 Å². The summed E-state index contributed by atoms with van der Waals surface area (Å²) in [5.41, 5.74) is 2.89. The van der Waals surface area contributed by atoms with Crippen LogP contribution in [-0.4, -0.2) is 20.6 Å². The Kier molecular flexibility index (Phi) is 4.58. The van der Waals surface area contributed by atoms with Crippen molar-refractivity contribution in [3.05, 3.63) is 91.0 Å². The van der Waals surface area contributed by atoms with Crippen LogP contribution >= 0.6 is 0 Å². The van der Waals surface area contributed by atoms with Gasteiger partial charge in [0.1, 0.15) is 0 Å². The first-order chi connectivity index (χ1) is 13.2. The second kappa shape index (κ2) is 7.33. The smallest absolute Gasteiger partial charge is 0.305 e. The zero-order valence-electron chi connectivity index (χ0n) is 14.6. The summed E-state index contributed by atoms with van der Waals surface area (Å²) in [6.45, 7) is 0. The molecule has 0 saturated heterocycles. The van der Waals surface area contributed by atoms with Crippen molar-refractivity contribution >= 4 is 28.1 Å². The average Bonchev–Trinajstić information content (AvgIpc) is 3.21. The molecule has 27 heavy (non-hydrogen) atoms. The maximum atomic E-state index is 11.2. The molecule has 0 aliphatic rings. The van der Waals surface area contributed by atoms with Gasteiger partial charge in [-0.3, -0.25) is 4.79 Å². The van der Waals surface area contributed by atoms with E-state index < -0.39 is 5.97 Å². The van der Waals surface area contributed by atoms with Gasteiger partial charge in [-0.1, -0.05) is 42.5 Å². The topological polar surface area (TPSA) is 67.2 Å². The van der Waals surface area contributed by atoms with E-state index in [0.717, 1.165) is 16.9 Å². The number of aliphatic carboxylic acids is 1. The molecule has 0 fully saturated rings. The van der Waals surface area contributed by atoms with Crippen molar-refractivity contribution in [3.8, 4) is 0 Å². The van der Waals surface area contributed by atoms with Gasteiger partial charge in [0.05, 0.1) is 18.8 Å². The number of nitrogens with zero attached hydrogens (tertiary/aromatic N) is 2. The lowest BCUT2D eigenvalue weighted by molar-refractivity contribution is -0.137. The lowest BCUT2D eigenvalue weighted by Crippen LogP contribution is -2.13. The molecule has 0 spiro atoms. The second-order valence-corrected chi connectivity index (χ2v) is 6.43. The number of anilines is 2. The Morgan fingerprint density at radius 3 is 2.44 bits per heavy atom. The first-order valence-electron chi connectivity index (χ1n) is 8.74. The van der Waals surface area contributed by atoms with E-state index in [0.29, 0.717) is 0 Å². The van der Waals surface area contributed by atoms with Gasteiger partial charge in [-0.05, 0) is 40.6 Å². The average molecular weight is 357 g/mol. The number of benzene rings is 3. The van der Waals surface area contributed by atoms with Gasteiger partial charge in [-0.2, -0.15) is 0 Å². The van der Waals surface area contributed by atoms with E-state index in [2.05, 4.69) is 40.6 Å². The van der Waals surface area contributed by atoms with E-state index in [-0.39, 0.29) is 12.5 Å². The van der Waals surface area contributed by atoms with Gasteiger partial charge in [0.25, 0.3) is 0 Å². The van der Waals surface area contributed by atoms with Crippen molar-refractivity contribution in [2.75, 3.05) is 5.32 Å². The number of hydrogen-bond donors (Lipinski definition) is 2. The van der Waals surface area contributed by atoms with Gasteiger partial charge in [0.15, 0.2) is 0 Å². The summed E-state index contributed by atoms with van der Waals surface area (Å²) in [4.78, 5) is 15.3. The first kappa shape index (κ1) is 16.8. The molecule has 0 aliphatic carbocycles. The molecule has 1 aromatic heterocycles. The molecule has 1 atom stereocenters. The van der Waals surface area contributed by atoms with Crippen molar-refractivity contribution < 1.29 is 9.90 Å². The van der Waals surface area contributed by atoms with Crippen LogP contribution in [0.25, 0.3) is 10.8 Å². The highest BCUT2D eigenvalue weighted by atomic mass is 16.4. The van der Waals surface area contributed by atoms with Crippen LogP contribution in [0.3, 0.4) is 0 Å². The van der Waals surface area contributed by atoms with Crippen molar-refractivity contribution in [3.63, 3.8) is 0 Å². The van der Waals surface area contributed by atoms with Crippen LogP contribution in [0.1, 0.15) is 18.0 Å². The fourth-order valence-corrected chi connectivity index (χ4v) is 3.24. The van der Waals surface area contributed by atoms with Crippen LogP contribution in [-0.2, 0) is 4.79 Å². The van der Waals surface area contributed by atoms with E-state index in [1.807, 2.05) is 41.0 Å². The Labute approximate surface area is 156 Å². The predicted octanol–water partition coefficient (Wildman–Crippen LogP) is 4.84. The minimum absolute atomic E-state index is 0.00775. The summed E-state index contributed by atoms with van der Waals surface area (Å²) in [7, 11) is 0. The molecule has 5 heteroatoms. The third kappa shape index (κ3) is 3.82. The number of hydrogen-bond acceptors (Lipinski definition) is 3. The van der Waals surface area contributed by atoms with Gasteiger partial charge >= 0.3 is 5.97 Å². The van der Waals surface area contributed by atoms with Crippen molar-refractivity contribution in [2.45, 2.75) is 12.5 Å². The normalized spacial score (nSPS) is 12.0. The summed E-state index contributed by atoms with van der Waals surface area (Å²) < 4.78 is 1.82. The third-order valence-electron chi connectivity index (χ3n) is 4.59. The fraction of sp³-hybridized carbons (Fsp3) is 0.0909. The van der Waals surface area contributed by atoms with Crippen LogP contribution in [0.5, 0.6) is 0 Å². The highest BCUT2D eigenvalue weighted by molar-refractivity contribution is 5.86. The molecule has 4 aromatic rings. The van der Waals surface area contributed by atoms with E-state index in [1.54, 1.807) is 18.7 Å². The molecule has 0 amide bonds. The molecule has 0 bridgehead atoms. The molecule has 4 rings (SSSR count). The van der Waals surface area contributed by atoms with E-state index in [4.69, 9.17) is 0 Å². The monoisotopic (exact) mass is 357 g/mol. The van der Waals surface area contributed by atoms with E-state index in [9.17, 15) is 9.90 Å². The Morgan fingerprint density at radius 2 is 1.74 bits per heavy atom. The Balaban J connectivity index is 1.56. The van der Waals surface area contributed by atoms with Crippen LogP contribution in [0, 0.1) is 0 Å². The Morgan fingerprint density at radius 1 is 1.00 bits per heavy atom. The molecular weight excluding hydrogens is 338 g/mol. The predicted molar refractivity (Wildman–Crippen MR) is 106 cm³/mol. The molecule has 0 saturated carbocycles. The minimum atomic E-state index is -0.841. The zero-order valence-corrected chi connectivity index (χ0v) is 14.6. The van der Waals surface area contributed by atoms with Gasteiger partial charge in [0.2, 0.25) is 0 Å². The second-order valence-electron chi connectivity index (χ2n) is 6.43. The summed E-state index contributed by atoms with van der Waals surface area (Å²) in [6.07, 6.45) is 5.10. The maximum Gasteiger partial charge on any atom is 0.305 e. The number of carbonyl (C=O) groups is 1. The molecule has 1 heterocycles. The van der Waals surface area contributed by atoms with Crippen molar-refractivity contribution in [1.82, 2.24) is 9.55 Å². The molecule has 3 aromatic carbocycles. The first-order valence-corrected chi connectivity index (χ1v) is 8.74. The molecule has 1 unspecified atom stereocenters. The highest BCUT2D eigenvalue weighted by Crippen LogP contribution is 2.26. The molecule has 0 aliphatic heterocycles. The van der Waals surface area contributed by atoms with Crippen LogP contribution < -0.4 is 5.32 Å². The largest absolute Gasteiger partial charge is 0.481 e. The van der Waals surface area contributed by atoms with Gasteiger partial charge < -0.3 is 15.0 Å². The molecule has 2 N–H and O–H groups in total. The van der Waals surface area contributed by atoms with Gasteiger partial charge in [0, 0.05) is 23.8 Å². The number of fused-ring (bicyclic) bond motifs is 1. The number of rotatable bonds is 6. The lowest BCUT2D eigenvalue weighted by Gasteiger charge is -2.17. The number of nitrogens with one attached hydrogen (secondary N) is 1. The van der Waals surface area contributed by atoms with Gasteiger partial charge in [-0.25, -0.2) is 4.98 Å². The summed E-state index contributed by atoms with van der Waals surface area (Å²) in [5, 5.41) is 15.0. The highest BCUT2D eigenvalue weighted by Gasteiger charge is 2.17. The summed E-state index contributed by atoms with van der Waals surface area (Å²) in [5.74, 6) is -0.841. The fourth-order valence-electron chi connectivity index (χ4n) is 3.24. The number of carboxylic acid groups (broad SMARTS) is 1. The van der Waals surface area contributed by atoms with Crippen molar-refractivity contribution in [2.24, 2.45) is 0 Å². The molecule has 0 radical (unpaired) electrons. The summed E-state index contributed by atoms with van der Waals surface area (Å²) in [6, 6.07) is 22.1. The lowest BCUT2D eigenvalue weighted by atomic mass is 10.0. The van der Waals surface area contributed by atoms with Crippen LogP contribution in [0.4, 0.5) is 11.4 Å². The number of imidazole rings is 1. The van der Waals surface area contributed by atoms with Crippen LogP contribution in [0.15, 0.2) is 85.5 Å². The maximum absolute atomic E-state index is 11.2. The number of carboxylic acids is 1.